The molecule has 112 valence electrons. The average Bonchev–Trinajstić information content (AvgIpc) is 3.16. The fraction of sp³-hybridized carbons (Fsp3) is 0.467. The summed E-state index contributed by atoms with van der Waals surface area (Å²) in [5, 5.41) is 4.70. The van der Waals surface area contributed by atoms with Gasteiger partial charge in [-0.2, -0.15) is 4.98 Å². The van der Waals surface area contributed by atoms with Gasteiger partial charge in [-0.1, -0.05) is 28.9 Å². The minimum Gasteiger partial charge on any atom is -0.376 e. The van der Waals surface area contributed by atoms with Crippen molar-refractivity contribution in [2.75, 3.05) is 24.6 Å². The largest absolute Gasteiger partial charge is 0.376 e. The summed E-state index contributed by atoms with van der Waals surface area (Å²) in [5.74, 6) is 0.554. The van der Waals surface area contributed by atoms with E-state index in [0.29, 0.717) is 16.9 Å². The van der Waals surface area contributed by atoms with E-state index in [2.05, 4.69) is 22.0 Å². The Hall–Kier alpha value is -1.59. The van der Waals surface area contributed by atoms with Crippen molar-refractivity contribution in [3.8, 4) is 11.4 Å². The van der Waals surface area contributed by atoms with Crippen LogP contribution in [-0.4, -0.2) is 35.9 Å². The van der Waals surface area contributed by atoms with Gasteiger partial charge in [0.2, 0.25) is 5.82 Å². The van der Waals surface area contributed by atoms with Crippen molar-refractivity contribution in [3.05, 3.63) is 29.3 Å². The smallest absolute Gasteiger partial charge is 0.324 e. The number of anilines is 1. The van der Waals surface area contributed by atoms with Gasteiger partial charge < -0.3 is 14.2 Å². The summed E-state index contributed by atoms with van der Waals surface area (Å²) in [6.45, 7) is 4.50. The maximum atomic E-state index is 5.99. The Kier molecular flexibility index (Phi) is 4.41. The minimum atomic E-state index is 0.256. The summed E-state index contributed by atoms with van der Waals surface area (Å²) in [5.41, 5.74) is 0.852. The molecule has 1 aromatic carbocycles. The molecule has 5 nitrogen and oxygen atoms in total. The number of hydrogen-bond acceptors (Lipinski definition) is 5. The average molecular weight is 308 g/mol. The molecule has 0 radical (unpaired) electrons. The van der Waals surface area contributed by atoms with Crippen LogP contribution in [0.3, 0.4) is 0 Å². The molecule has 1 fully saturated rings. The fourth-order valence-electron chi connectivity index (χ4n) is 2.47. The van der Waals surface area contributed by atoms with Crippen LogP contribution in [0.25, 0.3) is 11.4 Å². The van der Waals surface area contributed by atoms with Crippen LogP contribution in [0.2, 0.25) is 5.02 Å². The SMILES string of the molecule is CCN(CC1CCCO1)c1nc(-c2cccc(Cl)c2)no1. The van der Waals surface area contributed by atoms with Crippen molar-refractivity contribution >= 4 is 17.6 Å². The molecular weight excluding hydrogens is 290 g/mol. The number of ether oxygens (including phenoxy) is 1. The van der Waals surface area contributed by atoms with Crippen LogP contribution in [0.15, 0.2) is 28.8 Å². The van der Waals surface area contributed by atoms with Gasteiger partial charge in [-0.25, -0.2) is 0 Å². The van der Waals surface area contributed by atoms with Crippen molar-refractivity contribution in [1.82, 2.24) is 10.1 Å². The Bertz CT molecular complexity index is 596. The van der Waals surface area contributed by atoms with Gasteiger partial charge in [-0.3, -0.25) is 0 Å². The highest BCUT2D eigenvalue weighted by molar-refractivity contribution is 6.30. The fourth-order valence-corrected chi connectivity index (χ4v) is 2.66. The summed E-state index contributed by atoms with van der Waals surface area (Å²) in [7, 11) is 0. The molecule has 1 aromatic heterocycles. The second-order valence-electron chi connectivity index (χ2n) is 5.08. The molecule has 1 aliphatic rings. The quantitative estimate of drug-likeness (QED) is 0.847. The zero-order chi connectivity index (χ0) is 14.7. The van der Waals surface area contributed by atoms with Crippen molar-refractivity contribution < 1.29 is 9.26 Å². The van der Waals surface area contributed by atoms with Gasteiger partial charge in [0.1, 0.15) is 0 Å². The lowest BCUT2D eigenvalue weighted by Crippen LogP contribution is -2.32. The molecule has 1 aliphatic heterocycles. The molecule has 2 heterocycles. The van der Waals surface area contributed by atoms with E-state index in [0.717, 1.165) is 38.1 Å². The predicted molar refractivity (Wildman–Crippen MR) is 81.6 cm³/mol. The maximum absolute atomic E-state index is 5.99. The maximum Gasteiger partial charge on any atom is 0.324 e. The molecule has 2 aromatic rings. The Morgan fingerprint density at radius 3 is 3.05 bits per heavy atom. The third-order valence-electron chi connectivity index (χ3n) is 3.60. The van der Waals surface area contributed by atoms with Crippen LogP contribution in [0.4, 0.5) is 6.01 Å². The highest BCUT2D eigenvalue weighted by Gasteiger charge is 2.22. The number of halogens is 1. The van der Waals surface area contributed by atoms with E-state index in [1.54, 1.807) is 0 Å². The number of benzene rings is 1. The number of nitrogens with zero attached hydrogens (tertiary/aromatic N) is 3. The Labute approximate surface area is 128 Å². The van der Waals surface area contributed by atoms with E-state index in [-0.39, 0.29) is 6.10 Å². The monoisotopic (exact) mass is 307 g/mol. The lowest BCUT2D eigenvalue weighted by molar-refractivity contribution is 0.114. The Balaban J connectivity index is 1.76. The van der Waals surface area contributed by atoms with Crippen molar-refractivity contribution in [3.63, 3.8) is 0 Å². The number of hydrogen-bond donors (Lipinski definition) is 0. The predicted octanol–water partition coefficient (Wildman–Crippen LogP) is 3.40. The summed E-state index contributed by atoms with van der Waals surface area (Å²) < 4.78 is 11.1. The molecule has 21 heavy (non-hydrogen) atoms. The van der Waals surface area contributed by atoms with Crippen LogP contribution >= 0.6 is 11.6 Å². The Morgan fingerprint density at radius 1 is 1.43 bits per heavy atom. The molecule has 0 aliphatic carbocycles. The standard InChI is InChI=1S/C15H18ClN3O2/c1-2-19(10-13-7-4-8-20-13)15-17-14(18-21-15)11-5-3-6-12(16)9-11/h3,5-6,9,13H,2,4,7-8,10H2,1H3. The van der Waals surface area contributed by atoms with Crippen LogP contribution in [0, 0.1) is 0 Å². The van der Waals surface area contributed by atoms with Crippen molar-refractivity contribution in [2.24, 2.45) is 0 Å². The Morgan fingerprint density at radius 2 is 2.33 bits per heavy atom. The number of rotatable bonds is 5. The van der Waals surface area contributed by atoms with E-state index in [9.17, 15) is 0 Å². The first-order valence-corrected chi connectivity index (χ1v) is 7.60. The lowest BCUT2D eigenvalue weighted by Gasteiger charge is -2.21. The highest BCUT2D eigenvalue weighted by Crippen LogP contribution is 2.23. The van der Waals surface area contributed by atoms with E-state index >= 15 is 0 Å². The third-order valence-corrected chi connectivity index (χ3v) is 3.83. The molecule has 0 spiro atoms. The molecular formula is C15H18ClN3O2. The first-order valence-electron chi connectivity index (χ1n) is 7.22. The summed E-state index contributed by atoms with van der Waals surface area (Å²) in [6, 6.07) is 7.96. The molecule has 3 rings (SSSR count). The third kappa shape index (κ3) is 3.36. The zero-order valence-electron chi connectivity index (χ0n) is 12.0. The van der Waals surface area contributed by atoms with Crippen LogP contribution in [0.1, 0.15) is 19.8 Å². The van der Waals surface area contributed by atoms with Crippen molar-refractivity contribution in [2.45, 2.75) is 25.9 Å². The number of likely N-dealkylation sites (N-methyl/N-ethyl adjacent to an activating group) is 1. The van der Waals surface area contributed by atoms with Gasteiger partial charge >= 0.3 is 6.01 Å². The minimum absolute atomic E-state index is 0.256. The van der Waals surface area contributed by atoms with Gasteiger partial charge in [-0.15, -0.1) is 0 Å². The van der Waals surface area contributed by atoms with E-state index in [1.807, 2.05) is 24.3 Å². The summed E-state index contributed by atoms with van der Waals surface area (Å²) in [4.78, 5) is 6.52. The van der Waals surface area contributed by atoms with Gasteiger partial charge in [0.15, 0.2) is 0 Å². The molecule has 1 unspecified atom stereocenters. The lowest BCUT2D eigenvalue weighted by atomic mass is 10.2. The summed E-state index contributed by atoms with van der Waals surface area (Å²) in [6.07, 6.45) is 2.47. The summed E-state index contributed by atoms with van der Waals surface area (Å²) >= 11 is 5.99. The topological polar surface area (TPSA) is 51.4 Å². The first-order chi connectivity index (χ1) is 10.3. The first kappa shape index (κ1) is 14.4. The van der Waals surface area contributed by atoms with E-state index in [4.69, 9.17) is 20.9 Å². The van der Waals surface area contributed by atoms with Crippen LogP contribution in [-0.2, 0) is 4.74 Å². The normalized spacial score (nSPS) is 18.1. The molecule has 6 heteroatoms. The molecule has 0 saturated carbocycles. The van der Waals surface area contributed by atoms with Crippen LogP contribution < -0.4 is 4.90 Å². The number of aromatic nitrogens is 2. The second-order valence-corrected chi connectivity index (χ2v) is 5.52. The van der Waals surface area contributed by atoms with E-state index in [1.165, 1.54) is 0 Å². The molecule has 0 bridgehead atoms. The molecule has 0 N–H and O–H groups in total. The van der Waals surface area contributed by atoms with Gasteiger partial charge in [0.05, 0.1) is 6.10 Å². The van der Waals surface area contributed by atoms with Gasteiger partial charge in [0.25, 0.3) is 0 Å². The van der Waals surface area contributed by atoms with Crippen molar-refractivity contribution in [1.29, 1.82) is 0 Å². The second kappa shape index (κ2) is 6.45. The van der Waals surface area contributed by atoms with Gasteiger partial charge in [0, 0.05) is 30.3 Å². The molecule has 1 atom stereocenters. The molecule has 0 amide bonds. The molecule has 1 saturated heterocycles. The van der Waals surface area contributed by atoms with E-state index < -0.39 is 0 Å². The highest BCUT2D eigenvalue weighted by atomic mass is 35.5. The zero-order valence-corrected chi connectivity index (χ0v) is 12.7. The van der Waals surface area contributed by atoms with Crippen LogP contribution in [0.5, 0.6) is 0 Å². The van der Waals surface area contributed by atoms with Gasteiger partial charge in [-0.05, 0) is 31.9 Å².